The van der Waals surface area contributed by atoms with Crippen molar-refractivity contribution in [3.05, 3.63) is 29.8 Å². The average molecular weight is 309 g/mol. The molecule has 0 heterocycles. The molecule has 0 saturated heterocycles. The summed E-state index contributed by atoms with van der Waals surface area (Å²) in [5.41, 5.74) is 7.23. The van der Waals surface area contributed by atoms with E-state index in [-0.39, 0.29) is 11.8 Å². The molecule has 0 aliphatic heterocycles. The molecular weight excluding hydrogens is 286 g/mol. The van der Waals surface area contributed by atoms with Crippen LogP contribution in [0.15, 0.2) is 24.3 Å². The first-order valence-electron chi connectivity index (χ1n) is 7.03. The molecule has 0 bridgehead atoms. The number of anilines is 1. The number of carbonyl (C=O) groups is 2. The van der Waals surface area contributed by atoms with Crippen LogP contribution in [0.5, 0.6) is 0 Å². The number of hydrogen-bond donors (Lipinski definition) is 3. The van der Waals surface area contributed by atoms with Crippen LogP contribution < -0.4 is 16.4 Å². The smallest absolute Gasteiger partial charge is 0.234 e. The highest BCUT2D eigenvalue weighted by molar-refractivity contribution is 7.99. The van der Waals surface area contributed by atoms with Crippen molar-refractivity contribution < 1.29 is 9.59 Å². The highest BCUT2D eigenvalue weighted by Crippen LogP contribution is 2.11. The fourth-order valence-electron chi connectivity index (χ4n) is 1.72. The zero-order valence-corrected chi connectivity index (χ0v) is 13.2. The number of thioether (sulfide) groups is 1. The van der Waals surface area contributed by atoms with Gasteiger partial charge in [0.1, 0.15) is 0 Å². The molecule has 0 fully saturated rings. The number of amides is 2. The van der Waals surface area contributed by atoms with Gasteiger partial charge in [0.05, 0.1) is 5.75 Å². The minimum Gasteiger partial charge on any atom is -0.355 e. The monoisotopic (exact) mass is 309 g/mol. The van der Waals surface area contributed by atoms with E-state index in [9.17, 15) is 9.59 Å². The number of aryl methyl sites for hydroxylation is 1. The van der Waals surface area contributed by atoms with Crippen LogP contribution in [0.1, 0.15) is 18.4 Å². The molecule has 0 spiro atoms. The molecular formula is C15H23N3O2S. The summed E-state index contributed by atoms with van der Waals surface area (Å²) in [4.78, 5) is 23.1. The Kier molecular flexibility index (Phi) is 8.54. The number of benzene rings is 1. The maximum atomic E-state index is 11.7. The van der Waals surface area contributed by atoms with Crippen molar-refractivity contribution in [3.8, 4) is 0 Å². The molecule has 0 saturated carbocycles. The first-order valence-corrected chi connectivity index (χ1v) is 8.18. The van der Waals surface area contributed by atoms with Crippen LogP contribution in [0, 0.1) is 6.92 Å². The van der Waals surface area contributed by atoms with Crippen molar-refractivity contribution in [1.82, 2.24) is 5.32 Å². The van der Waals surface area contributed by atoms with Crippen LogP contribution in [0.3, 0.4) is 0 Å². The molecule has 0 radical (unpaired) electrons. The molecule has 4 N–H and O–H groups in total. The second-order valence-electron chi connectivity index (χ2n) is 4.71. The first kappa shape index (κ1) is 17.5. The van der Waals surface area contributed by atoms with E-state index in [4.69, 9.17) is 5.73 Å². The summed E-state index contributed by atoms with van der Waals surface area (Å²) in [7, 11) is 0. The number of rotatable bonds is 9. The van der Waals surface area contributed by atoms with Gasteiger partial charge in [0.2, 0.25) is 11.8 Å². The van der Waals surface area contributed by atoms with E-state index in [1.807, 2.05) is 31.2 Å². The summed E-state index contributed by atoms with van der Waals surface area (Å²) in [6, 6.07) is 7.71. The fraction of sp³-hybridized carbons (Fsp3) is 0.467. The van der Waals surface area contributed by atoms with E-state index < -0.39 is 0 Å². The van der Waals surface area contributed by atoms with Gasteiger partial charge in [-0.25, -0.2) is 0 Å². The largest absolute Gasteiger partial charge is 0.355 e. The minimum absolute atomic E-state index is 0.0156. The minimum atomic E-state index is -0.0156. The van der Waals surface area contributed by atoms with E-state index in [1.165, 1.54) is 11.8 Å². The van der Waals surface area contributed by atoms with Crippen LogP contribution in [-0.4, -0.2) is 36.4 Å². The van der Waals surface area contributed by atoms with E-state index in [0.29, 0.717) is 25.3 Å². The third-order valence-electron chi connectivity index (χ3n) is 2.69. The molecule has 0 atom stereocenters. The molecule has 21 heavy (non-hydrogen) atoms. The topological polar surface area (TPSA) is 84.2 Å². The van der Waals surface area contributed by atoms with Gasteiger partial charge in [0, 0.05) is 25.2 Å². The Labute approximate surface area is 130 Å². The third-order valence-corrected chi connectivity index (χ3v) is 3.74. The number of carbonyl (C=O) groups excluding carboxylic acids is 2. The molecule has 2 amide bonds. The van der Waals surface area contributed by atoms with Crippen molar-refractivity contribution in [1.29, 1.82) is 0 Å². The maximum absolute atomic E-state index is 11.7. The molecule has 0 aliphatic rings. The molecule has 0 aliphatic carbocycles. The Hall–Kier alpha value is -1.53. The summed E-state index contributed by atoms with van der Waals surface area (Å²) in [6.45, 7) is 2.96. The standard InChI is InChI=1S/C15H23N3O2S/c1-12-4-2-5-13(10-12)18-15(20)11-21-9-3-6-14(19)17-8-7-16/h2,4-5,10H,3,6-9,11,16H2,1H3,(H,17,19)(H,18,20). The van der Waals surface area contributed by atoms with Gasteiger partial charge in [0.15, 0.2) is 0 Å². The van der Waals surface area contributed by atoms with Crippen molar-refractivity contribution in [2.75, 3.05) is 29.9 Å². The van der Waals surface area contributed by atoms with Crippen molar-refractivity contribution in [3.63, 3.8) is 0 Å². The molecule has 1 aromatic rings. The van der Waals surface area contributed by atoms with Crippen LogP contribution in [0.2, 0.25) is 0 Å². The summed E-state index contributed by atoms with van der Waals surface area (Å²) < 4.78 is 0. The SMILES string of the molecule is Cc1cccc(NC(=O)CSCCCC(=O)NCCN)c1. The van der Waals surface area contributed by atoms with Gasteiger partial charge in [-0.1, -0.05) is 12.1 Å². The summed E-state index contributed by atoms with van der Waals surface area (Å²) in [6.07, 6.45) is 1.24. The van der Waals surface area contributed by atoms with Gasteiger partial charge in [-0.05, 0) is 36.8 Å². The predicted molar refractivity (Wildman–Crippen MR) is 88.4 cm³/mol. The van der Waals surface area contributed by atoms with Gasteiger partial charge in [-0.3, -0.25) is 9.59 Å². The van der Waals surface area contributed by atoms with Gasteiger partial charge in [0.25, 0.3) is 0 Å². The fourth-order valence-corrected chi connectivity index (χ4v) is 2.47. The lowest BCUT2D eigenvalue weighted by atomic mass is 10.2. The van der Waals surface area contributed by atoms with Gasteiger partial charge in [-0.2, -0.15) is 11.8 Å². The Bertz CT molecular complexity index is 466. The Balaban J connectivity index is 2.10. The molecule has 6 heteroatoms. The number of nitrogens with one attached hydrogen (secondary N) is 2. The zero-order chi connectivity index (χ0) is 15.5. The second-order valence-corrected chi connectivity index (χ2v) is 5.82. The number of hydrogen-bond acceptors (Lipinski definition) is 4. The molecule has 1 aromatic carbocycles. The van der Waals surface area contributed by atoms with Crippen LogP contribution in [0.4, 0.5) is 5.69 Å². The summed E-state index contributed by atoms with van der Waals surface area (Å²) in [5.74, 6) is 1.19. The molecule has 1 rings (SSSR count). The normalized spacial score (nSPS) is 10.2. The van der Waals surface area contributed by atoms with Crippen LogP contribution >= 0.6 is 11.8 Å². The second kappa shape index (κ2) is 10.2. The molecule has 0 aromatic heterocycles. The average Bonchev–Trinajstić information content (AvgIpc) is 2.44. The zero-order valence-electron chi connectivity index (χ0n) is 12.4. The number of nitrogens with two attached hydrogens (primary N) is 1. The highest BCUT2D eigenvalue weighted by Gasteiger charge is 2.04. The first-order chi connectivity index (χ1) is 10.1. The van der Waals surface area contributed by atoms with E-state index in [1.54, 1.807) is 0 Å². The quantitative estimate of drug-likeness (QED) is 0.604. The van der Waals surface area contributed by atoms with Gasteiger partial charge in [-0.15, -0.1) is 0 Å². The predicted octanol–water partition coefficient (Wildman–Crippen LogP) is 1.52. The molecule has 0 unspecified atom stereocenters. The highest BCUT2D eigenvalue weighted by atomic mass is 32.2. The van der Waals surface area contributed by atoms with Crippen LogP contribution in [-0.2, 0) is 9.59 Å². The summed E-state index contributed by atoms with van der Waals surface area (Å²) >= 11 is 1.53. The van der Waals surface area contributed by atoms with Crippen molar-refractivity contribution >= 4 is 29.3 Å². The summed E-state index contributed by atoms with van der Waals surface area (Å²) in [5, 5.41) is 5.57. The third kappa shape index (κ3) is 8.37. The van der Waals surface area contributed by atoms with E-state index in [2.05, 4.69) is 10.6 Å². The van der Waals surface area contributed by atoms with E-state index in [0.717, 1.165) is 23.4 Å². The Morgan fingerprint density at radius 1 is 1.29 bits per heavy atom. The lowest BCUT2D eigenvalue weighted by Gasteiger charge is -2.06. The Morgan fingerprint density at radius 2 is 2.10 bits per heavy atom. The molecule has 116 valence electrons. The lowest BCUT2D eigenvalue weighted by molar-refractivity contribution is -0.121. The van der Waals surface area contributed by atoms with Crippen molar-refractivity contribution in [2.24, 2.45) is 5.73 Å². The van der Waals surface area contributed by atoms with E-state index >= 15 is 0 Å². The van der Waals surface area contributed by atoms with Crippen molar-refractivity contribution in [2.45, 2.75) is 19.8 Å². The van der Waals surface area contributed by atoms with Gasteiger partial charge < -0.3 is 16.4 Å². The maximum Gasteiger partial charge on any atom is 0.234 e. The lowest BCUT2D eigenvalue weighted by Crippen LogP contribution is -2.28. The molecule has 5 nitrogen and oxygen atoms in total. The Morgan fingerprint density at radius 3 is 2.81 bits per heavy atom. The van der Waals surface area contributed by atoms with Gasteiger partial charge >= 0.3 is 0 Å². The van der Waals surface area contributed by atoms with Crippen LogP contribution in [0.25, 0.3) is 0 Å².